The Morgan fingerprint density at radius 3 is 2.43 bits per heavy atom. The minimum absolute atomic E-state index is 0.0408. The highest BCUT2D eigenvalue weighted by Crippen LogP contribution is 2.68. The molecule has 1 heterocycles. The molecule has 5 aliphatic rings. The van der Waals surface area contributed by atoms with Crippen LogP contribution in [-0.2, 0) is 0 Å². The minimum atomic E-state index is -0.135. The predicted molar refractivity (Wildman–Crippen MR) is 122 cm³/mol. The summed E-state index contributed by atoms with van der Waals surface area (Å²) >= 11 is 0. The predicted octanol–water partition coefficient (Wildman–Crippen LogP) is 5.00. The van der Waals surface area contributed by atoms with E-state index < -0.39 is 0 Å². The molecule has 0 aromatic rings. The second-order valence-corrected chi connectivity index (χ2v) is 12.8. The van der Waals surface area contributed by atoms with Crippen molar-refractivity contribution in [2.45, 2.75) is 104 Å². The van der Waals surface area contributed by atoms with Crippen molar-refractivity contribution in [2.24, 2.45) is 52.3 Å². The smallest absolute Gasteiger partial charge is 0.0608 e. The maximum absolute atomic E-state index is 11.3. The normalized spacial score (nSPS) is 53.3. The van der Waals surface area contributed by atoms with Crippen molar-refractivity contribution < 1.29 is 10.2 Å². The summed E-state index contributed by atoms with van der Waals surface area (Å²) in [6.07, 6.45) is 13.8. The van der Waals surface area contributed by atoms with Gasteiger partial charge in [0.05, 0.1) is 12.2 Å². The van der Waals surface area contributed by atoms with Crippen LogP contribution < -0.4 is 5.32 Å². The number of aliphatic hydroxyl groups is 2. The molecular formula is C27H47NO2. The van der Waals surface area contributed by atoms with Crippen LogP contribution in [-0.4, -0.2) is 35.5 Å². The van der Waals surface area contributed by atoms with Crippen LogP contribution in [0.2, 0.25) is 0 Å². The molecule has 4 saturated carbocycles. The molecule has 0 bridgehead atoms. The summed E-state index contributed by atoms with van der Waals surface area (Å²) < 4.78 is 0. The third kappa shape index (κ3) is 3.32. The van der Waals surface area contributed by atoms with Crippen LogP contribution in [0.15, 0.2) is 0 Å². The van der Waals surface area contributed by atoms with Gasteiger partial charge in [0, 0.05) is 6.54 Å². The average molecular weight is 418 g/mol. The number of hydrogen-bond acceptors (Lipinski definition) is 3. The van der Waals surface area contributed by atoms with E-state index in [1.54, 1.807) is 0 Å². The summed E-state index contributed by atoms with van der Waals surface area (Å²) in [6.45, 7) is 9.73. The number of nitrogens with one attached hydrogen (secondary N) is 1. The molecule has 0 aromatic heterocycles. The lowest BCUT2D eigenvalue weighted by atomic mass is 9.44. The number of piperidine rings is 1. The average Bonchev–Trinajstić information content (AvgIpc) is 3.11. The molecule has 1 saturated heterocycles. The zero-order valence-electron chi connectivity index (χ0n) is 19.8. The number of aliphatic hydroxyl groups excluding tert-OH is 2. The third-order valence-corrected chi connectivity index (χ3v) is 11.7. The van der Waals surface area contributed by atoms with E-state index in [0.717, 1.165) is 49.6 Å². The monoisotopic (exact) mass is 417 g/mol. The van der Waals surface area contributed by atoms with E-state index in [1.165, 1.54) is 57.8 Å². The summed E-state index contributed by atoms with van der Waals surface area (Å²) in [7, 11) is 0. The van der Waals surface area contributed by atoms with Crippen molar-refractivity contribution in [3.63, 3.8) is 0 Å². The molecule has 5 fully saturated rings. The van der Waals surface area contributed by atoms with E-state index in [-0.39, 0.29) is 12.2 Å². The summed E-state index contributed by atoms with van der Waals surface area (Å²) in [5, 5.41) is 25.1. The van der Waals surface area contributed by atoms with Gasteiger partial charge < -0.3 is 15.5 Å². The van der Waals surface area contributed by atoms with Gasteiger partial charge in [-0.15, -0.1) is 0 Å². The van der Waals surface area contributed by atoms with Crippen molar-refractivity contribution in [2.75, 3.05) is 13.1 Å². The molecule has 0 radical (unpaired) electrons. The SMILES string of the molecule is C[C@H](C1CC[C@H]2[C@@H]3CCC4C[C@@H](O)CC[C@]4(C)[C@H]3CC[C@]12C)[C@H](O)C1CCCNC1. The van der Waals surface area contributed by atoms with Gasteiger partial charge in [-0.3, -0.25) is 0 Å². The first-order chi connectivity index (χ1) is 14.3. The maximum atomic E-state index is 11.3. The van der Waals surface area contributed by atoms with Crippen LogP contribution >= 0.6 is 0 Å². The van der Waals surface area contributed by atoms with Crippen LogP contribution in [0.5, 0.6) is 0 Å². The van der Waals surface area contributed by atoms with Gasteiger partial charge in [0.25, 0.3) is 0 Å². The first-order valence-electron chi connectivity index (χ1n) is 13.4. The van der Waals surface area contributed by atoms with Crippen LogP contribution in [0, 0.1) is 52.3 Å². The standard InChI is InChI=1S/C27H47NO2/c1-17(25(30)18-5-4-14-28-16-18)22-8-9-23-21-7-6-19-15-20(29)10-12-26(19,2)24(21)11-13-27(22,23)3/h17-25,28-30H,4-16H2,1-3H3/t17-,18?,19?,20+,21+,22?,23+,24+,25+,26+,27-/m1/s1. The topological polar surface area (TPSA) is 52.5 Å². The van der Waals surface area contributed by atoms with E-state index >= 15 is 0 Å². The molecule has 3 nitrogen and oxygen atoms in total. The molecule has 4 aliphatic carbocycles. The molecule has 1 aliphatic heterocycles. The molecule has 5 rings (SSSR count). The summed E-state index contributed by atoms with van der Waals surface area (Å²) in [4.78, 5) is 0. The van der Waals surface area contributed by atoms with Gasteiger partial charge in [-0.25, -0.2) is 0 Å². The molecule has 30 heavy (non-hydrogen) atoms. The maximum Gasteiger partial charge on any atom is 0.0608 e. The Hall–Kier alpha value is -0.120. The van der Waals surface area contributed by atoms with Crippen molar-refractivity contribution in [1.82, 2.24) is 5.32 Å². The van der Waals surface area contributed by atoms with Gasteiger partial charge in [-0.1, -0.05) is 20.8 Å². The van der Waals surface area contributed by atoms with Crippen molar-refractivity contribution >= 4 is 0 Å². The highest BCUT2D eigenvalue weighted by Gasteiger charge is 2.61. The molecule has 172 valence electrons. The van der Waals surface area contributed by atoms with Crippen LogP contribution in [0.25, 0.3) is 0 Å². The largest absolute Gasteiger partial charge is 0.393 e. The Kier molecular flexibility index (Phi) is 5.81. The number of hydrogen-bond donors (Lipinski definition) is 3. The zero-order chi connectivity index (χ0) is 21.1. The van der Waals surface area contributed by atoms with Gasteiger partial charge >= 0.3 is 0 Å². The van der Waals surface area contributed by atoms with E-state index in [4.69, 9.17) is 0 Å². The number of rotatable bonds is 3. The van der Waals surface area contributed by atoms with Crippen molar-refractivity contribution in [1.29, 1.82) is 0 Å². The van der Waals surface area contributed by atoms with Gasteiger partial charge in [0.1, 0.15) is 0 Å². The molecule has 3 unspecified atom stereocenters. The molecule has 0 spiro atoms. The van der Waals surface area contributed by atoms with Crippen LogP contribution in [0.1, 0.15) is 91.4 Å². The van der Waals surface area contributed by atoms with E-state index in [0.29, 0.717) is 28.6 Å². The highest BCUT2D eigenvalue weighted by atomic mass is 16.3. The Balaban J connectivity index is 1.33. The molecule has 3 heteroatoms. The van der Waals surface area contributed by atoms with E-state index in [2.05, 4.69) is 26.1 Å². The highest BCUT2D eigenvalue weighted by molar-refractivity contribution is 5.10. The fourth-order valence-electron chi connectivity index (χ4n) is 9.98. The number of fused-ring (bicyclic) bond motifs is 5. The fourth-order valence-corrected chi connectivity index (χ4v) is 9.98. The third-order valence-electron chi connectivity index (χ3n) is 11.7. The van der Waals surface area contributed by atoms with Gasteiger partial charge in [-0.2, -0.15) is 0 Å². The van der Waals surface area contributed by atoms with E-state index in [9.17, 15) is 10.2 Å². The Bertz CT molecular complexity index is 618. The van der Waals surface area contributed by atoms with Gasteiger partial charge in [0.2, 0.25) is 0 Å². The second kappa shape index (κ2) is 8.03. The zero-order valence-corrected chi connectivity index (χ0v) is 19.8. The summed E-state index contributed by atoms with van der Waals surface area (Å²) in [5.74, 6) is 4.97. The van der Waals surface area contributed by atoms with Crippen molar-refractivity contribution in [3.05, 3.63) is 0 Å². The quantitative estimate of drug-likeness (QED) is 0.605. The second-order valence-electron chi connectivity index (χ2n) is 12.8. The summed E-state index contributed by atoms with van der Waals surface area (Å²) in [6, 6.07) is 0. The van der Waals surface area contributed by atoms with Gasteiger partial charge in [0.15, 0.2) is 0 Å². The lowest BCUT2D eigenvalue weighted by molar-refractivity contribution is -0.133. The van der Waals surface area contributed by atoms with Crippen LogP contribution in [0.4, 0.5) is 0 Å². The molecule has 0 aromatic carbocycles. The fraction of sp³-hybridized carbons (Fsp3) is 1.00. The summed E-state index contributed by atoms with van der Waals surface area (Å²) in [5.41, 5.74) is 0.904. The Labute approximate surface area is 184 Å². The lowest BCUT2D eigenvalue weighted by Gasteiger charge is -2.61. The Morgan fingerprint density at radius 2 is 1.67 bits per heavy atom. The minimum Gasteiger partial charge on any atom is -0.393 e. The molecule has 11 atom stereocenters. The molecule has 3 N–H and O–H groups in total. The van der Waals surface area contributed by atoms with E-state index in [1.807, 2.05) is 0 Å². The lowest BCUT2D eigenvalue weighted by Crippen LogP contribution is -2.54. The first kappa shape index (κ1) is 21.7. The Morgan fingerprint density at radius 1 is 0.900 bits per heavy atom. The molecule has 0 amide bonds. The van der Waals surface area contributed by atoms with Crippen LogP contribution in [0.3, 0.4) is 0 Å². The molecular weight excluding hydrogens is 370 g/mol. The van der Waals surface area contributed by atoms with Crippen molar-refractivity contribution in [3.8, 4) is 0 Å². The van der Waals surface area contributed by atoms with Gasteiger partial charge in [-0.05, 0) is 129 Å². The first-order valence-corrected chi connectivity index (χ1v) is 13.4.